The van der Waals surface area contributed by atoms with Gasteiger partial charge in [-0.05, 0) is 66.7 Å². The fourth-order valence-corrected chi connectivity index (χ4v) is 8.73. The third-order valence-corrected chi connectivity index (χ3v) is 14.9. The number of hydrogen-bond donors (Lipinski definition) is 0. The number of carbonyl (C=O) groups excluding carboxylic acids is 1. The van der Waals surface area contributed by atoms with Gasteiger partial charge in [-0.15, -0.1) is 0 Å². The van der Waals surface area contributed by atoms with Crippen LogP contribution in [0.4, 0.5) is 8.78 Å². The zero-order valence-corrected chi connectivity index (χ0v) is 27.8. The summed E-state index contributed by atoms with van der Waals surface area (Å²) >= 11 is 0. The molecule has 1 saturated carbocycles. The van der Waals surface area contributed by atoms with Gasteiger partial charge in [-0.2, -0.15) is 8.78 Å². The van der Waals surface area contributed by atoms with Gasteiger partial charge in [-0.1, -0.05) is 39.8 Å². The molecule has 45 heavy (non-hydrogen) atoms. The molecule has 4 aromatic rings. The maximum atomic E-state index is 13.5. The van der Waals surface area contributed by atoms with Crippen molar-refractivity contribution in [3.05, 3.63) is 71.6 Å². The van der Waals surface area contributed by atoms with Gasteiger partial charge in [0, 0.05) is 42.6 Å². The Morgan fingerprint density at radius 3 is 2.40 bits per heavy atom. The van der Waals surface area contributed by atoms with Gasteiger partial charge in [0.2, 0.25) is 0 Å². The number of nitrogens with zero attached hydrogens (tertiary/aromatic N) is 5. The van der Waals surface area contributed by atoms with Crippen molar-refractivity contribution in [2.75, 3.05) is 7.05 Å². The summed E-state index contributed by atoms with van der Waals surface area (Å²) in [5.41, 5.74) is 3.78. The summed E-state index contributed by atoms with van der Waals surface area (Å²) in [6.45, 7) is 10.5. The zero-order chi connectivity index (χ0) is 32.1. The van der Waals surface area contributed by atoms with Crippen LogP contribution in [0.3, 0.4) is 0 Å². The Kier molecular flexibility index (Phi) is 6.76. The van der Waals surface area contributed by atoms with Gasteiger partial charge >= 0.3 is 6.61 Å². The Morgan fingerprint density at radius 2 is 1.76 bits per heavy atom. The van der Waals surface area contributed by atoms with Crippen molar-refractivity contribution >= 4 is 25.3 Å². The van der Waals surface area contributed by atoms with E-state index in [0.29, 0.717) is 23.5 Å². The molecule has 7 rings (SSSR count). The van der Waals surface area contributed by atoms with E-state index < -0.39 is 26.6 Å². The molecule has 0 spiro atoms. The molecule has 1 amide bonds. The molecule has 2 aromatic carbocycles. The van der Waals surface area contributed by atoms with Gasteiger partial charge in [0.25, 0.3) is 5.91 Å². The summed E-state index contributed by atoms with van der Waals surface area (Å²) in [7, 11) is -0.320. The van der Waals surface area contributed by atoms with Crippen molar-refractivity contribution in [2.24, 2.45) is 5.92 Å². The number of amides is 1. The van der Waals surface area contributed by atoms with Crippen LogP contribution in [0.15, 0.2) is 48.8 Å². The quantitative estimate of drug-likeness (QED) is 0.202. The van der Waals surface area contributed by atoms with Crippen LogP contribution in [0, 0.1) is 5.92 Å². The van der Waals surface area contributed by atoms with Crippen LogP contribution in [0.25, 0.3) is 22.2 Å². The lowest BCUT2D eigenvalue weighted by atomic mass is 9.71. The third-order valence-electron chi connectivity index (χ3n) is 10.4. The normalized spacial score (nSPS) is 24.4. The first-order chi connectivity index (χ1) is 21.2. The van der Waals surface area contributed by atoms with Crippen molar-refractivity contribution in [3.8, 4) is 16.9 Å². The van der Waals surface area contributed by atoms with Crippen molar-refractivity contribution in [1.29, 1.82) is 0 Å². The number of benzene rings is 2. The SMILES string of the molecule is CC1CC(O[Si](C)(C)C(C)(C)C)(c2ncc(-c3ccc4nc5n(c4c3)[C@@H]3C[C@H]5N(C)C(=O)c4cccc(OC(F)F)c43)cn2)C1. The summed E-state index contributed by atoms with van der Waals surface area (Å²) in [4.78, 5) is 29.8. The van der Waals surface area contributed by atoms with E-state index in [1.807, 2.05) is 30.6 Å². The van der Waals surface area contributed by atoms with Crippen LogP contribution in [0.2, 0.25) is 18.1 Å². The van der Waals surface area contributed by atoms with Crippen LogP contribution < -0.4 is 4.74 Å². The highest BCUT2D eigenvalue weighted by Crippen LogP contribution is 2.53. The lowest BCUT2D eigenvalue weighted by molar-refractivity contribution is -0.0680. The molecule has 2 aliphatic heterocycles. The van der Waals surface area contributed by atoms with E-state index in [2.05, 4.69) is 45.4 Å². The molecule has 0 unspecified atom stereocenters. The lowest BCUT2D eigenvalue weighted by Gasteiger charge is -2.51. The number of alkyl halides is 2. The number of rotatable bonds is 6. The van der Waals surface area contributed by atoms with Gasteiger partial charge in [0.1, 0.15) is 17.2 Å². The Labute approximate surface area is 262 Å². The topological polar surface area (TPSA) is 82.4 Å². The van der Waals surface area contributed by atoms with E-state index in [0.717, 1.165) is 46.7 Å². The smallest absolute Gasteiger partial charge is 0.387 e. The number of fused-ring (bicyclic) bond motifs is 9. The summed E-state index contributed by atoms with van der Waals surface area (Å²) in [6.07, 6.45) is 6.07. The molecule has 2 bridgehead atoms. The summed E-state index contributed by atoms with van der Waals surface area (Å²) in [6, 6.07) is 10.1. The summed E-state index contributed by atoms with van der Waals surface area (Å²) < 4.78 is 40.9. The van der Waals surface area contributed by atoms with Crippen molar-refractivity contribution in [2.45, 2.75) is 89.4 Å². The monoisotopic (exact) mass is 631 g/mol. The number of imidazole rings is 1. The fourth-order valence-electron chi connectivity index (χ4n) is 7.19. The van der Waals surface area contributed by atoms with Crippen LogP contribution >= 0.6 is 0 Å². The highest BCUT2D eigenvalue weighted by Gasteiger charge is 2.53. The molecular formula is C34H39F2N5O3Si. The molecule has 11 heteroatoms. The van der Waals surface area contributed by atoms with Crippen LogP contribution in [0.1, 0.15) is 86.6 Å². The van der Waals surface area contributed by atoms with E-state index in [1.54, 1.807) is 24.1 Å². The molecule has 0 N–H and O–H groups in total. The first-order valence-electron chi connectivity index (χ1n) is 15.6. The summed E-state index contributed by atoms with van der Waals surface area (Å²) in [5.74, 6) is 1.81. The molecule has 0 saturated heterocycles. The number of aromatic nitrogens is 4. The first kappa shape index (κ1) is 30.0. The number of carbonyl (C=O) groups is 1. The van der Waals surface area contributed by atoms with E-state index >= 15 is 0 Å². The largest absolute Gasteiger partial charge is 0.434 e. The minimum Gasteiger partial charge on any atom is -0.434 e. The number of hydrogen-bond acceptors (Lipinski definition) is 6. The lowest BCUT2D eigenvalue weighted by Crippen LogP contribution is -2.54. The zero-order valence-electron chi connectivity index (χ0n) is 26.8. The molecule has 3 aliphatic rings. The van der Waals surface area contributed by atoms with Crippen molar-refractivity contribution in [3.63, 3.8) is 0 Å². The van der Waals surface area contributed by atoms with Gasteiger partial charge < -0.3 is 18.6 Å². The highest BCUT2D eigenvalue weighted by atomic mass is 28.4. The fraction of sp³-hybridized carbons (Fsp3) is 0.471. The number of ether oxygens (including phenoxy) is 1. The van der Waals surface area contributed by atoms with Gasteiger partial charge in [0.05, 0.1) is 23.1 Å². The standard InChI is InChI=1S/C34H39F2N5O3Si/c1-19-15-34(16-19,44-45(6,7)33(2,3)4)31-37-17-21(18-38-31)20-11-12-23-24(13-20)41-25-14-26(29(41)39-23)40(5)30(42)22-9-8-10-27(28(22)25)43-32(35)36/h8-13,17-19,25-26,32H,14-16H2,1-7H3/t19?,25-,26-,34?/m1/s1. The molecule has 0 radical (unpaired) electrons. The molecule has 8 nitrogen and oxygen atoms in total. The summed E-state index contributed by atoms with van der Waals surface area (Å²) in [5, 5.41) is 0.0754. The Bertz CT molecular complexity index is 1810. The molecule has 236 valence electrons. The molecule has 2 aromatic heterocycles. The number of halogens is 2. The Balaban J connectivity index is 1.28. The molecule has 2 atom stereocenters. The predicted octanol–water partition coefficient (Wildman–Crippen LogP) is 7.86. The first-order valence-corrected chi connectivity index (χ1v) is 18.5. The second-order valence-corrected chi connectivity index (χ2v) is 19.2. The Morgan fingerprint density at radius 1 is 1.04 bits per heavy atom. The third kappa shape index (κ3) is 4.69. The van der Waals surface area contributed by atoms with Crippen LogP contribution in [-0.4, -0.2) is 52.3 Å². The average molecular weight is 632 g/mol. The molecule has 4 heterocycles. The van der Waals surface area contributed by atoms with Gasteiger partial charge in [-0.3, -0.25) is 4.79 Å². The second kappa shape index (κ2) is 10.2. The highest BCUT2D eigenvalue weighted by molar-refractivity contribution is 6.74. The van der Waals surface area contributed by atoms with E-state index in [-0.39, 0.29) is 22.7 Å². The minimum atomic E-state index is -3.01. The van der Waals surface area contributed by atoms with Crippen LogP contribution in [0.5, 0.6) is 5.75 Å². The van der Waals surface area contributed by atoms with E-state index in [9.17, 15) is 13.6 Å². The van der Waals surface area contributed by atoms with Crippen molar-refractivity contribution < 1.29 is 22.7 Å². The van der Waals surface area contributed by atoms with Crippen LogP contribution in [-0.2, 0) is 10.0 Å². The van der Waals surface area contributed by atoms with Crippen molar-refractivity contribution in [1.82, 2.24) is 24.4 Å². The van der Waals surface area contributed by atoms with Gasteiger partial charge in [0.15, 0.2) is 14.1 Å². The van der Waals surface area contributed by atoms with E-state index in [1.165, 1.54) is 6.07 Å². The van der Waals surface area contributed by atoms with E-state index in [4.69, 9.17) is 24.1 Å². The molecule has 1 fully saturated rings. The maximum Gasteiger partial charge on any atom is 0.387 e. The molecule has 1 aliphatic carbocycles. The predicted molar refractivity (Wildman–Crippen MR) is 170 cm³/mol. The Hall–Kier alpha value is -3.70. The van der Waals surface area contributed by atoms with Gasteiger partial charge in [-0.25, -0.2) is 15.0 Å². The second-order valence-electron chi connectivity index (χ2n) is 14.5. The molecular weight excluding hydrogens is 592 g/mol. The minimum absolute atomic E-state index is 0.0175. The average Bonchev–Trinajstić information content (AvgIpc) is 3.48. The maximum absolute atomic E-state index is 13.5.